The number of methoxy groups -OCH3 is 2. The number of fused-ring (bicyclic) bond motifs is 1. The summed E-state index contributed by atoms with van der Waals surface area (Å²) in [5, 5.41) is 3.14. The average molecular weight is 446 g/mol. The van der Waals surface area contributed by atoms with Crippen LogP contribution >= 0.6 is 0 Å². The van der Waals surface area contributed by atoms with E-state index in [0.29, 0.717) is 23.6 Å². The second kappa shape index (κ2) is 9.86. The van der Waals surface area contributed by atoms with Crippen LogP contribution < -0.4 is 24.6 Å². The number of hydrogen-bond acceptors (Lipinski definition) is 5. The van der Waals surface area contributed by atoms with Crippen molar-refractivity contribution < 1.29 is 14.3 Å². The molecule has 0 saturated heterocycles. The number of nitrogens with one attached hydrogen (secondary N) is 1. The highest BCUT2D eigenvalue weighted by molar-refractivity contribution is 5.99. The van der Waals surface area contributed by atoms with Gasteiger partial charge in [0, 0.05) is 38.6 Å². The number of nitrogens with zero attached hydrogens (tertiary/aromatic N) is 2. The zero-order valence-corrected chi connectivity index (χ0v) is 19.7. The standard InChI is InChI=1S/C27H31N3O3/c1-29(2)21-14-12-20(13-15-21)23(30-17-16-19-8-5-6-9-22(19)30)18-28-27(31)26-24(32-3)10-7-11-25(26)33-4/h5-15,23H,16-18H2,1-4H3,(H,28,31). The molecule has 1 amide bonds. The van der Waals surface area contributed by atoms with E-state index in [9.17, 15) is 4.79 Å². The summed E-state index contributed by atoms with van der Waals surface area (Å²) in [6, 6.07) is 22.4. The lowest BCUT2D eigenvalue weighted by Crippen LogP contribution is -2.37. The Hall–Kier alpha value is -3.67. The normalized spacial score (nSPS) is 13.3. The third-order valence-electron chi connectivity index (χ3n) is 6.20. The van der Waals surface area contributed by atoms with Crippen LogP contribution in [0.15, 0.2) is 66.7 Å². The summed E-state index contributed by atoms with van der Waals surface area (Å²) in [5.41, 5.74) is 5.27. The summed E-state index contributed by atoms with van der Waals surface area (Å²) in [6.07, 6.45) is 0.997. The van der Waals surface area contributed by atoms with Gasteiger partial charge in [-0.25, -0.2) is 0 Å². The van der Waals surface area contributed by atoms with E-state index in [2.05, 4.69) is 63.6 Å². The lowest BCUT2D eigenvalue weighted by molar-refractivity contribution is 0.0944. The second-order valence-electron chi connectivity index (χ2n) is 8.32. The van der Waals surface area contributed by atoms with Gasteiger partial charge in [0.1, 0.15) is 17.1 Å². The minimum atomic E-state index is -0.216. The number of carbonyl (C=O) groups excluding carboxylic acids is 1. The van der Waals surface area contributed by atoms with E-state index >= 15 is 0 Å². The highest BCUT2D eigenvalue weighted by Gasteiger charge is 2.28. The fourth-order valence-electron chi connectivity index (χ4n) is 4.44. The summed E-state index contributed by atoms with van der Waals surface area (Å²) in [5.74, 6) is 0.766. The maximum absolute atomic E-state index is 13.2. The van der Waals surface area contributed by atoms with Gasteiger partial charge in [0.05, 0.1) is 20.3 Å². The molecule has 6 heteroatoms. The molecular formula is C27H31N3O3. The second-order valence-corrected chi connectivity index (χ2v) is 8.32. The topological polar surface area (TPSA) is 54.0 Å². The van der Waals surface area contributed by atoms with Gasteiger partial charge >= 0.3 is 0 Å². The minimum Gasteiger partial charge on any atom is -0.496 e. The van der Waals surface area contributed by atoms with Crippen molar-refractivity contribution in [2.24, 2.45) is 0 Å². The largest absolute Gasteiger partial charge is 0.496 e. The summed E-state index contributed by atoms with van der Waals surface area (Å²) in [6.45, 7) is 1.36. The van der Waals surface area contributed by atoms with Crippen molar-refractivity contribution in [2.45, 2.75) is 12.5 Å². The molecule has 3 aromatic carbocycles. The van der Waals surface area contributed by atoms with E-state index in [4.69, 9.17) is 9.47 Å². The Balaban J connectivity index is 1.63. The molecule has 3 aromatic rings. The molecule has 0 aliphatic carbocycles. The third kappa shape index (κ3) is 4.60. The Labute approximate surface area is 195 Å². The lowest BCUT2D eigenvalue weighted by Gasteiger charge is -2.31. The van der Waals surface area contributed by atoms with Crippen LogP contribution in [0.5, 0.6) is 11.5 Å². The highest BCUT2D eigenvalue weighted by Crippen LogP contribution is 2.35. The molecule has 33 heavy (non-hydrogen) atoms. The molecule has 1 heterocycles. The van der Waals surface area contributed by atoms with Crippen LogP contribution in [0.2, 0.25) is 0 Å². The summed E-state index contributed by atoms with van der Waals surface area (Å²) >= 11 is 0. The summed E-state index contributed by atoms with van der Waals surface area (Å²) in [4.78, 5) is 17.7. The van der Waals surface area contributed by atoms with Gasteiger partial charge in [-0.15, -0.1) is 0 Å². The van der Waals surface area contributed by atoms with Gasteiger partial charge in [-0.2, -0.15) is 0 Å². The van der Waals surface area contributed by atoms with Crippen molar-refractivity contribution in [3.8, 4) is 11.5 Å². The molecular weight excluding hydrogens is 414 g/mol. The number of ether oxygens (including phenoxy) is 2. The number of anilines is 2. The van der Waals surface area contributed by atoms with Crippen LogP contribution in [0.25, 0.3) is 0 Å². The zero-order chi connectivity index (χ0) is 23.4. The molecule has 6 nitrogen and oxygen atoms in total. The van der Waals surface area contributed by atoms with Gasteiger partial charge in [-0.05, 0) is 47.9 Å². The molecule has 0 spiro atoms. The first kappa shape index (κ1) is 22.5. The summed E-state index contributed by atoms with van der Waals surface area (Å²) < 4.78 is 10.9. The van der Waals surface area contributed by atoms with E-state index in [-0.39, 0.29) is 11.9 Å². The monoisotopic (exact) mass is 445 g/mol. The lowest BCUT2D eigenvalue weighted by atomic mass is 10.0. The van der Waals surface area contributed by atoms with Crippen molar-refractivity contribution in [2.75, 3.05) is 51.2 Å². The number of rotatable bonds is 8. The predicted molar refractivity (Wildman–Crippen MR) is 133 cm³/mol. The molecule has 0 radical (unpaired) electrons. The SMILES string of the molecule is COc1cccc(OC)c1C(=O)NCC(c1ccc(N(C)C)cc1)N1CCc2ccccc21. The Bertz CT molecular complexity index is 1090. The van der Waals surface area contributed by atoms with Gasteiger partial charge in [-0.3, -0.25) is 4.79 Å². The fraction of sp³-hybridized carbons (Fsp3) is 0.296. The van der Waals surface area contributed by atoms with Gasteiger partial charge in [0.25, 0.3) is 5.91 Å². The number of para-hydroxylation sites is 1. The molecule has 1 unspecified atom stereocenters. The minimum absolute atomic E-state index is 0.00508. The molecule has 1 atom stereocenters. The molecule has 0 fully saturated rings. The summed E-state index contributed by atoms with van der Waals surface area (Å²) in [7, 11) is 7.18. The van der Waals surface area contributed by atoms with Crippen molar-refractivity contribution in [1.82, 2.24) is 5.32 Å². The third-order valence-corrected chi connectivity index (χ3v) is 6.20. The number of hydrogen-bond donors (Lipinski definition) is 1. The van der Waals surface area contributed by atoms with Gasteiger partial charge in [0.15, 0.2) is 0 Å². The van der Waals surface area contributed by atoms with Crippen LogP contribution in [-0.4, -0.2) is 47.3 Å². The molecule has 0 bridgehead atoms. The molecule has 1 aliphatic heterocycles. The number of carbonyl (C=O) groups is 1. The molecule has 1 N–H and O–H groups in total. The molecule has 4 rings (SSSR count). The van der Waals surface area contributed by atoms with Crippen molar-refractivity contribution in [3.05, 3.63) is 83.4 Å². The van der Waals surface area contributed by atoms with Gasteiger partial charge in [-0.1, -0.05) is 36.4 Å². The van der Waals surface area contributed by atoms with Gasteiger partial charge in [0.2, 0.25) is 0 Å². The van der Waals surface area contributed by atoms with Crippen molar-refractivity contribution in [1.29, 1.82) is 0 Å². The van der Waals surface area contributed by atoms with E-state index in [1.165, 1.54) is 11.3 Å². The maximum Gasteiger partial charge on any atom is 0.258 e. The quantitative estimate of drug-likeness (QED) is 0.560. The van der Waals surface area contributed by atoms with Crippen molar-refractivity contribution in [3.63, 3.8) is 0 Å². The van der Waals surface area contributed by atoms with Crippen LogP contribution in [0.1, 0.15) is 27.5 Å². The fourth-order valence-corrected chi connectivity index (χ4v) is 4.44. The first-order valence-corrected chi connectivity index (χ1v) is 11.1. The van der Waals surface area contributed by atoms with Crippen LogP contribution in [0, 0.1) is 0 Å². The Morgan fingerprint density at radius 1 is 0.970 bits per heavy atom. The molecule has 0 aromatic heterocycles. The highest BCUT2D eigenvalue weighted by atomic mass is 16.5. The Kier molecular flexibility index (Phi) is 6.73. The van der Waals surface area contributed by atoms with Crippen LogP contribution in [0.4, 0.5) is 11.4 Å². The van der Waals surface area contributed by atoms with E-state index in [1.54, 1.807) is 26.4 Å². The van der Waals surface area contributed by atoms with E-state index < -0.39 is 0 Å². The number of benzene rings is 3. The smallest absolute Gasteiger partial charge is 0.258 e. The average Bonchev–Trinajstić information content (AvgIpc) is 3.27. The Morgan fingerprint density at radius 3 is 2.27 bits per heavy atom. The van der Waals surface area contributed by atoms with Gasteiger partial charge < -0.3 is 24.6 Å². The zero-order valence-electron chi connectivity index (χ0n) is 19.7. The molecule has 0 saturated carbocycles. The van der Waals surface area contributed by atoms with Crippen LogP contribution in [0.3, 0.4) is 0 Å². The maximum atomic E-state index is 13.2. The van der Waals surface area contributed by atoms with Crippen molar-refractivity contribution >= 4 is 17.3 Å². The van der Waals surface area contributed by atoms with E-state index in [0.717, 1.165) is 24.2 Å². The first-order valence-electron chi connectivity index (χ1n) is 11.1. The molecule has 172 valence electrons. The van der Waals surface area contributed by atoms with E-state index in [1.807, 2.05) is 20.2 Å². The molecule has 1 aliphatic rings. The Morgan fingerprint density at radius 2 is 1.64 bits per heavy atom. The first-order chi connectivity index (χ1) is 16.0. The predicted octanol–water partition coefficient (Wildman–Crippen LogP) is 4.30. The van der Waals surface area contributed by atoms with Crippen LogP contribution in [-0.2, 0) is 6.42 Å². The number of amides is 1.